The van der Waals surface area contributed by atoms with Crippen molar-refractivity contribution < 1.29 is 17.9 Å². The van der Waals surface area contributed by atoms with Crippen molar-refractivity contribution in [2.45, 2.75) is 6.18 Å². The van der Waals surface area contributed by atoms with Crippen molar-refractivity contribution in [2.24, 2.45) is 14.1 Å². The van der Waals surface area contributed by atoms with Crippen LogP contribution < -0.4 is 20.9 Å². The van der Waals surface area contributed by atoms with E-state index in [1.165, 1.54) is 13.2 Å². The second-order valence-electron chi connectivity index (χ2n) is 7.62. The molecule has 180 valence electrons. The Balaban J connectivity index is 1.50. The summed E-state index contributed by atoms with van der Waals surface area (Å²) in [6, 6.07) is 2.42. The highest BCUT2D eigenvalue weighted by atomic mass is 19.4. The van der Waals surface area contributed by atoms with E-state index in [1.807, 2.05) is 0 Å². The van der Waals surface area contributed by atoms with Gasteiger partial charge in [0.15, 0.2) is 22.7 Å². The zero-order chi connectivity index (χ0) is 24.9. The number of halogens is 3. The quantitative estimate of drug-likeness (QED) is 0.390. The van der Waals surface area contributed by atoms with Gasteiger partial charge in [0, 0.05) is 45.8 Å². The van der Waals surface area contributed by atoms with Crippen LogP contribution in [0.3, 0.4) is 0 Å². The largest absolute Gasteiger partial charge is 0.452 e. The lowest BCUT2D eigenvalue weighted by atomic mass is 10.2. The lowest BCUT2D eigenvalue weighted by Gasteiger charge is -2.12. The van der Waals surface area contributed by atoms with E-state index in [9.17, 15) is 18.0 Å². The number of aromatic nitrogens is 7. The Kier molecular flexibility index (Phi) is 5.07. The third-order valence-corrected chi connectivity index (χ3v) is 5.33. The molecular weight excluding hydrogens is 467 g/mol. The van der Waals surface area contributed by atoms with Crippen LogP contribution >= 0.6 is 0 Å². The molecule has 0 aliphatic carbocycles. The van der Waals surface area contributed by atoms with Crippen LogP contribution in [0.4, 0.5) is 30.6 Å². The van der Waals surface area contributed by atoms with Crippen molar-refractivity contribution in [1.82, 2.24) is 33.7 Å². The summed E-state index contributed by atoms with van der Waals surface area (Å²) < 4.78 is 49.7. The summed E-state index contributed by atoms with van der Waals surface area (Å²) in [6.07, 6.45) is 2.42. The minimum absolute atomic E-state index is 0.138. The summed E-state index contributed by atoms with van der Waals surface area (Å²) in [5.74, 6) is 1.53. The Bertz CT molecular complexity index is 1640. The van der Waals surface area contributed by atoms with Gasteiger partial charge in [0.1, 0.15) is 11.4 Å². The van der Waals surface area contributed by atoms with E-state index in [1.54, 1.807) is 47.8 Å². The van der Waals surface area contributed by atoms with Crippen molar-refractivity contribution in [3.8, 4) is 11.5 Å². The minimum Gasteiger partial charge on any atom is -0.452 e. The van der Waals surface area contributed by atoms with E-state index in [-0.39, 0.29) is 11.6 Å². The molecule has 0 unspecified atom stereocenters. The second-order valence-corrected chi connectivity index (χ2v) is 7.62. The summed E-state index contributed by atoms with van der Waals surface area (Å²) in [4.78, 5) is 25.3. The van der Waals surface area contributed by atoms with Gasteiger partial charge < -0.3 is 24.5 Å². The van der Waals surface area contributed by atoms with E-state index in [0.29, 0.717) is 34.0 Å². The van der Waals surface area contributed by atoms with Gasteiger partial charge in [-0.25, -0.2) is 14.5 Å². The zero-order valence-corrected chi connectivity index (χ0v) is 18.6. The molecule has 0 aliphatic rings. The highest BCUT2D eigenvalue weighted by molar-refractivity contribution is 5.78. The Labute approximate surface area is 194 Å². The normalized spacial score (nSPS) is 11.8. The molecule has 0 aliphatic heterocycles. The van der Waals surface area contributed by atoms with Crippen LogP contribution in [0.25, 0.3) is 16.7 Å². The van der Waals surface area contributed by atoms with Gasteiger partial charge in [0.05, 0.1) is 23.5 Å². The van der Waals surface area contributed by atoms with Crippen LogP contribution in [0.15, 0.2) is 47.9 Å². The molecule has 0 spiro atoms. The Morgan fingerprint density at radius 3 is 2.66 bits per heavy atom. The van der Waals surface area contributed by atoms with Gasteiger partial charge in [-0.15, -0.1) is 0 Å². The fourth-order valence-electron chi connectivity index (χ4n) is 3.60. The molecule has 5 aromatic rings. The highest BCUT2D eigenvalue weighted by Gasteiger charge is 2.32. The van der Waals surface area contributed by atoms with Crippen LogP contribution in [-0.4, -0.2) is 40.7 Å². The molecule has 0 fully saturated rings. The van der Waals surface area contributed by atoms with Gasteiger partial charge in [-0.1, -0.05) is 0 Å². The van der Waals surface area contributed by atoms with Gasteiger partial charge >= 0.3 is 6.18 Å². The number of aryl methyl sites for hydroxylation is 2. The standard InChI is InChI=1S/C21H18F3N9O2/c1-25-18-16-15(9-28-33(16)5-4-26-18)35-12-7-14-17(27-8-12)30-20(32(14)3)29-13-6-11(21(22,23)24)10-31(2)19(13)34/h4-10H,1-3H3,(H,25,26)(H,27,29,30). The predicted molar refractivity (Wildman–Crippen MR) is 121 cm³/mol. The topological polar surface area (TPSA) is 116 Å². The first-order chi connectivity index (χ1) is 16.7. The van der Waals surface area contributed by atoms with Gasteiger partial charge in [-0.2, -0.15) is 23.3 Å². The van der Waals surface area contributed by atoms with Crippen molar-refractivity contribution in [2.75, 3.05) is 17.7 Å². The van der Waals surface area contributed by atoms with Crippen LogP contribution in [-0.2, 0) is 20.3 Å². The number of hydrogen-bond donors (Lipinski definition) is 2. The number of fused-ring (bicyclic) bond motifs is 2. The molecule has 0 bridgehead atoms. The first kappa shape index (κ1) is 22.2. The van der Waals surface area contributed by atoms with E-state index < -0.39 is 17.3 Å². The molecule has 11 nitrogen and oxygen atoms in total. The molecule has 0 atom stereocenters. The monoisotopic (exact) mass is 485 g/mol. The third kappa shape index (κ3) is 3.88. The van der Waals surface area contributed by atoms with Crippen molar-refractivity contribution in [1.29, 1.82) is 0 Å². The maximum Gasteiger partial charge on any atom is 0.417 e. The Morgan fingerprint density at radius 1 is 1.11 bits per heavy atom. The number of nitrogens with zero attached hydrogens (tertiary/aromatic N) is 7. The van der Waals surface area contributed by atoms with Crippen molar-refractivity contribution in [3.05, 3.63) is 59.0 Å². The Hall–Kier alpha value is -4.62. The summed E-state index contributed by atoms with van der Waals surface area (Å²) in [6.45, 7) is 0. The molecule has 5 heterocycles. The number of nitrogens with one attached hydrogen (secondary N) is 2. The van der Waals surface area contributed by atoms with E-state index in [2.05, 4.69) is 30.7 Å². The second kappa shape index (κ2) is 8.00. The van der Waals surface area contributed by atoms with Crippen molar-refractivity contribution >= 4 is 34.1 Å². The SMILES string of the molecule is CNc1nccn2ncc(Oc3cnc4nc(Nc5cc(C(F)(F)F)cn(C)c5=O)n(C)c4c3)c12. The zero-order valence-electron chi connectivity index (χ0n) is 18.6. The highest BCUT2D eigenvalue weighted by Crippen LogP contribution is 2.32. The molecule has 5 aromatic heterocycles. The molecule has 0 amide bonds. The average molecular weight is 485 g/mol. The number of anilines is 3. The molecule has 5 rings (SSSR count). The number of alkyl halides is 3. The number of hydrogen-bond acceptors (Lipinski definition) is 8. The minimum atomic E-state index is -4.61. The summed E-state index contributed by atoms with van der Waals surface area (Å²) in [5.41, 5.74) is -0.401. The predicted octanol–water partition coefficient (Wildman–Crippen LogP) is 3.31. The first-order valence-electron chi connectivity index (χ1n) is 10.2. The van der Waals surface area contributed by atoms with Crippen LogP contribution in [0.1, 0.15) is 5.56 Å². The first-order valence-corrected chi connectivity index (χ1v) is 10.2. The van der Waals surface area contributed by atoms with Gasteiger partial charge in [-0.3, -0.25) is 4.79 Å². The Morgan fingerprint density at radius 2 is 1.91 bits per heavy atom. The maximum atomic E-state index is 13.2. The van der Waals surface area contributed by atoms with Crippen molar-refractivity contribution in [3.63, 3.8) is 0 Å². The number of imidazole rings is 1. The molecule has 35 heavy (non-hydrogen) atoms. The molecule has 14 heteroatoms. The van der Waals surface area contributed by atoms with E-state index in [0.717, 1.165) is 16.8 Å². The van der Waals surface area contributed by atoms with Gasteiger partial charge in [-0.05, 0) is 6.07 Å². The van der Waals surface area contributed by atoms with Crippen LogP contribution in [0.2, 0.25) is 0 Å². The van der Waals surface area contributed by atoms with E-state index in [4.69, 9.17) is 4.74 Å². The third-order valence-electron chi connectivity index (χ3n) is 5.33. The molecule has 0 aromatic carbocycles. The summed E-state index contributed by atoms with van der Waals surface area (Å²) in [5, 5.41) is 9.92. The summed E-state index contributed by atoms with van der Waals surface area (Å²) >= 11 is 0. The molecule has 2 N–H and O–H groups in total. The maximum absolute atomic E-state index is 13.2. The number of pyridine rings is 2. The average Bonchev–Trinajstić information content (AvgIpc) is 3.37. The molecule has 0 saturated carbocycles. The molecular formula is C21H18F3N9O2. The smallest absolute Gasteiger partial charge is 0.417 e. The van der Waals surface area contributed by atoms with Crippen LogP contribution in [0.5, 0.6) is 11.5 Å². The lowest BCUT2D eigenvalue weighted by Crippen LogP contribution is -2.23. The fraction of sp³-hybridized carbons (Fsp3) is 0.190. The van der Waals surface area contributed by atoms with Gasteiger partial charge in [0.2, 0.25) is 5.95 Å². The van der Waals surface area contributed by atoms with E-state index >= 15 is 0 Å². The molecule has 0 saturated heterocycles. The number of rotatable bonds is 5. The molecule has 0 radical (unpaired) electrons. The van der Waals surface area contributed by atoms with Gasteiger partial charge in [0.25, 0.3) is 5.56 Å². The lowest BCUT2D eigenvalue weighted by molar-refractivity contribution is -0.138. The fourth-order valence-corrected chi connectivity index (χ4v) is 3.60. The number of ether oxygens (including phenoxy) is 1. The summed E-state index contributed by atoms with van der Waals surface area (Å²) in [7, 11) is 4.62. The van der Waals surface area contributed by atoms with Crippen LogP contribution in [0, 0.1) is 0 Å².